The average Bonchev–Trinajstić information content (AvgIpc) is 3.72. The van der Waals surface area contributed by atoms with Gasteiger partial charge in [0.2, 0.25) is 17.7 Å². The number of amides is 4. The summed E-state index contributed by atoms with van der Waals surface area (Å²) in [5.41, 5.74) is 6.09. The van der Waals surface area contributed by atoms with E-state index in [-0.39, 0.29) is 37.3 Å². The van der Waals surface area contributed by atoms with Crippen LogP contribution in [0.5, 0.6) is 0 Å². The average molecular weight is 653 g/mol. The van der Waals surface area contributed by atoms with Gasteiger partial charge >= 0.3 is 12.1 Å². The number of carbonyl (C=O) groups excluding carboxylic acids is 5. The van der Waals surface area contributed by atoms with E-state index < -0.39 is 42.0 Å². The van der Waals surface area contributed by atoms with Crippen molar-refractivity contribution in [1.82, 2.24) is 20.9 Å². The fraction of sp³-hybridized carbons (Fsp3) is 0.378. The first-order valence-electron chi connectivity index (χ1n) is 16.4. The first-order chi connectivity index (χ1) is 23.2. The van der Waals surface area contributed by atoms with Gasteiger partial charge in [-0.3, -0.25) is 14.4 Å². The molecule has 1 fully saturated rings. The molecule has 4 aliphatic rings. The van der Waals surface area contributed by atoms with Gasteiger partial charge in [0.15, 0.2) is 0 Å². The van der Waals surface area contributed by atoms with Gasteiger partial charge in [-0.1, -0.05) is 79.7 Å². The van der Waals surface area contributed by atoms with Gasteiger partial charge in [0.25, 0.3) is 0 Å². The maximum atomic E-state index is 14.2. The normalized spacial score (nSPS) is 22.9. The van der Waals surface area contributed by atoms with Crippen LogP contribution >= 0.6 is 0 Å². The minimum Gasteiger partial charge on any atom is -0.467 e. The van der Waals surface area contributed by atoms with Gasteiger partial charge in [-0.15, -0.1) is 0 Å². The molecule has 0 radical (unpaired) electrons. The summed E-state index contributed by atoms with van der Waals surface area (Å²) in [6.45, 7) is 1.94. The highest BCUT2D eigenvalue weighted by Crippen LogP contribution is 2.44. The molecule has 48 heavy (non-hydrogen) atoms. The van der Waals surface area contributed by atoms with Crippen LogP contribution in [-0.4, -0.2) is 79.6 Å². The summed E-state index contributed by atoms with van der Waals surface area (Å²) in [6, 6.07) is 20.9. The molecule has 1 aliphatic carbocycles. The van der Waals surface area contributed by atoms with Crippen molar-refractivity contribution in [1.29, 1.82) is 0 Å². The third-order valence-corrected chi connectivity index (χ3v) is 9.56. The summed E-state index contributed by atoms with van der Waals surface area (Å²) in [7, 11) is 1.25. The van der Waals surface area contributed by atoms with Gasteiger partial charge in [0.1, 0.15) is 24.7 Å². The van der Waals surface area contributed by atoms with Gasteiger partial charge in [0, 0.05) is 18.9 Å². The van der Waals surface area contributed by atoms with E-state index in [9.17, 15) is 24.0 Å². The number of ether oxygens (including phenoxy) is 2. The molecule has 4 amide bonds. The van der Waals surface area contributed by atoms with E-state index in [1.54, 1.807) is 0 Å². The van der Waals surface area contributed by atoms with Crippen LogP contribution in [0.25, 0.3) is 11.1 Å². The molecule has 7 rings (SSSR count). The third kappa shape index (κ3) is 6.90. The van der Waals surface area contributed by atoms with Crippen LogP contribution in [0.1, 0.15) is 47.9 Å². The zero-order valence-electron chi connectivity index (χ0n) is 27.1. The minimum absolute atomic E-state index is 0.0972. The Morgan fingerprint density at radius 1 is 0.896 bits per heavy atom. The van der Waals surface area contributed by atoms with Crippen molar-refractivity contribution in [3.8, 4) is 11.1 Å². The molecule has 2 bridgehead atoms. The van der Waals surface area contributed by atoms with Crippen LogP contribution in [0.2, 0.25) is 0 Å². The van der Waals surface area contributed by atoms with Crippen LogP contribution in [-0.2, 0) is 41.5 Å². The fourth-order valence-electron chi connectivity index (χ4n) is 7.10. The van der Waals surface area contributed by atoms with Crippen molar-refractivity contribution in [2.75, 3.05) is 26.8 Å². The highest BCUT2D eigenvalue weighted by atomic mass is 16.5. The Hall–Kier alpha value is -5.19. The lowest BCUT2D eigenvalue weighted by Gasteiger charge is -2.31. The van der Waals surface area contributed by atoms with Crippen molar-refractivity contribution in [2.45, 2.75) is 56.7 Å². The molecule has 0 spiro atoms. The number of fused-ring (bicyclic) bond motifs is 14. The van der Waals surface area contributed by atoms with E-state index in [0.717, 1.165) is 33.4 Å². The van der Waals surface area contributed by atoms with Crippen molar-refractivity contribution in [3.05, 3.63) is 95.1 Å². The van der Waals surface area contributed by atoms with Crippen LogP contribution in [0, 0.1) is 5.92 Å². The Labute approximate surface area is 279 Å². The molecule has 11 nitrogen and oxygen atoms in total. The molecule has 3 aliphatic heterocycles. The third-order valence-electron chi connectivity index (χ3n) is 9.56. The molecule has 4 atom stereocenters. The molecule has 0 saturated carbocycles. The number of methoxy groups -OCH3 is 1. The number of rotatable bonds is 4. The number of benzene rings is 3. The number of esters is 1. The number of nitrogens with one attached hydrogen (secondary N) is 3. The van der Waals surface area contributed by atoms with Crippen molar-refractivity contribution in [2.24, 2.45) is 5.92 Å². The summed E-state index contributed by atoms with van der Waals surface area (Å²) in [5.74, 6) is -2.52. The summed E-state index contributed by atoms with van der Waals surface area (Å²) in [6.07, 6.45) is 0.935. The summed E-state index contributed by atoms with van der Waals surface area (Å²) in [5, 5.41) is 8.12. The number of alkyl carbamates (subject to hydrolysis) is 1. The van der Waals surface area contributed by atoms with Crippen molar-refractivity contribution >= 4 is 29.8 Å². The molecule has 3 heterocycles. The molecule has 3 N–H and O–H groups in total. The summed E-state index contributed by atoms with van der Waals surface area (Å²) < 4.78 is 10.7. The van der Waals surface area contributed by atoms with E-state index in [4.69, 9.17) is 9.47 Å². The quantitative estimate of drug-likeness (QED) is 0.368. The summed E-state index contributed by atoms with van der Waals surface area (Å²) >= 11 is 0. The molecule has 0 aromatic heterocycles. The van der Waals surface area contributed by atoms with Gasteiger partial charge in [-0.05, 0) is 58.6 Å². The van der Waals surface area contributed by atoms with Gasteiger partial charge in [-0.2, -0.15) is 0 Å². The Morgan fingerprint density at radius 3 is 2.17 bits per heavy atom. The predicted octanol–water partition coefficient (Wildman–Crippen LogP) is 3.09. The lowest BCUT2D eigenvalue weighted by Crippen LogP contribution is -2.56. The van der Waals surface area contributed by atoms with Crippen LogP contribution in [0.15, 0.2) is 72.8 Å². The molecule has 1 saturated heterocycles. The number of carbonyl (C=O) groups is 5. The highest BCUT2D eigenvalue weighted by molar-refractivity contribution is 5.94. The smallest absolute Gasteiger partial charge is 0.407 e. The molecule has 250 valence electrons. The van der Waals surface area contributed by atoms with Crippen molar-refractivity contribution < 1.29 is 33.4 Å². The maximum Gasteiger partial charge on any atom is 0.407 e. The topological polar surface area (TPSA) is 143 Å². The van der Waals surface area contributed by atoms with Gasteiger partial charge < -0.3 is 30.3 Å². The monoisotopic (exact) mass is 652 g/mol. The lowest BCUT2D eigenvalue weighted by atomic mass is 9.92. The SMILES string of the molecule is COC(=O)C1Cc2ccc(cc2)C[C@H](C)[C@H](NC(=O)OCC2c3ccccc3-c3ccccc32)C(=O)N2CCC[C@H]2C(=O)NCC(=O)N1. The number of hydrogen-bond acceptors (Lipinski definition) is 7. The molecule has 11 heteroatoms. The Morgan fingerprint density at radius 2 is 1.52 bits per heavy atom. The van der Waals surface area contributed by atoms with Gasteiger partial charge in [-0.25, -0.2) is 9.59 Å². The highest BCUT2D eigenvalue weighted by Gasteiger charge is 2.40. The van der Waals surface area contributed by atoms with E-state index in [2.05, 4.69) is 28.1 Å². The van der Waals surface area contributed by atoms with E-state index in [1.165, 1.54) is 12.0 Å². The zero-order valence-corrected chi connectivity index (χ0v) is 27.1. The predicted molar refractivity (Wildman–Crippen MR) is 177 cm³/mol. The second-order valence-electron chi connectivity index (χ2n) is 12.7. The molecule has 3 aromatic carbocycles. The number of hydrogen-bond donors (Lipinski definition) is 3. The minimum atomic E-state index is -0.976. The summed E-state index contributed by atoms with van der Waals surface area (Å²) in [4.78, 5) is 67.5. The largest absolute Gasteiger partial charge is 0.467 e. The standard InChI is InChI=1S/C37H40N4O7/c1-22-18-23-13-15-24(16-14-23)19-30(36(45)47-2)39-32(42)20-38-34(43)31-12-7-17-41(31)35(44)33(22)40-37(46)48-21-29-27-10-5-3-8-25(27)26-9-4-6-11-28(26)29/h3-6,8-11,13-16,22,29-31,33H,7,12,17-21H2,1-2H3,(H,38,43)(H,39,42)(H,40,46)/t22-,30?,31-,33-/m0/s1. The Kier molecular flexibility index (Phi) is 9.75. The van der Waals surface area contributed by atoms with E-state index in [1.807, 2.05) is 67.6 Å². The maximum absolute atomic E-state index is 14.2. The second kappa shape index (κ2) is 14.3. The zero-order chi connectivity index (χ0) is 33.8. The molecule has 1 unspecified atom stereocenters. The van der Waals surface area contributed by atoms with E-state index in [0.29, 0.717) is 25.8 Å². The van der Waals surface area contributed by atoms with Crippen LogP contribution < -0.4 is 16.0 Å². The van der Waals surface area contributed by atoms with Gasteiger partial charge in [0.05, 0.1) is 13.7 Å². The molecule has 3 aromatic rings. The van der Waals surface area contributed by atoms with Crippen LogP contribution in [0.4, 0.5) is 4.79 Å². The second-order valence-corrected chi connectivity index (χ2v) is 12.7. The molecular formula is C37H40N4O7. The van der Waals surface area contributed by atoms with E-state index >= 15 is 0 Å². The fourth-order valence-corrected chi connectivity index (χ4v) is 7.10. The Bertz CT molecular complexity index is 1660. The molecular weight excluding hydrogens is 612 g/mol. The Balaban J connectivity index is 1.23. The van der Waals surface area contributed by atoms with Crippen LogP contribution in [0.3, 0.4) is 0 Å². The first-order valence-corrected chi connectivity index (χ1v) is 16.4. The lowest BCUT2D eigenvalue weighted by molar-refractivity contribution is -0.145. The number of nitrogens with zero attached hydrogens (tertiary/aromatic N) is 1. The first kappa shape index (κ1) is 32.7. The van der Waals surface area contributed by atoms with Crippen molar-refractivity contribution in [3.63, 3.8) is 0 Å².